The molecule has 0 aromatic carbocycles. The van der Waals surface area contributed by atoms with Crippen molar-refractivity contribution in [3.63, 3.8) is 0 Å². The maximum atomic E-state index is 12.7. The lowest BCUT2D eigenvalue weighted by molar-refractivity contribution is -0.870. The lowest BCUT2D eigenvalue weighted by atomic mass is 10.1. The number of rotatable bonds is 43. The van der Waals surface area contributed by atoms with E-state index in [1.165, 1.54) is 103 Å². The fraction of sp³-hybridized carbons (Fsp3) is 0.760. The molecule has 0 amide bonds. The van der Waals surface area contributed by atoms with Gasteiger partial charge < -0.3 is 29.1 Å². The lowest BCUT2D eigenvalue weighted by Gasteiger charge is -2.24. The van der Waals surface area contributed by atoms with Crippen LogP contribution in [0.15, 0.2) is 60.8 Å². The Morgan fingerprint density at radius 2 is 1.06 bits per heavy atom. The number of likely N-dealkylation sites (N-methyl/N-ethyl adjacent to an activating group) is 1. The number of ether oxygens (including phenoxy) is 2. The zero-order chi connectivity index (χ0) is 46.0. The number of esters is 2. The summed E-state index contributed by atoms with van der Waals surface area (Å²) >= 11 is 0. The monoisotopic (exact) mass is 897 g/mol. The van der Waals surface area contributed by atoms with Gasteiger partial charge in [-0.1, -0.05) is 164 Å². The summed E-state index contributed by atoms with van der Waals surface area (Å²) in [6, 6.07) is 0. The molecule has 11 nitrogen and oxygen atoms in total. The third-order valence-electron chi connectivity index (χ3n) is 10.2. The average Bonchev–Trinajstić information content (AvgIpc) is 3.21. The molecule has 3 N–H and O–H groups in total. The molecule has 0 aliphatic carbocycles. The minimum atomic E-state index is -4.44. The molecule has 0 heterocycles. The molecule has 360 valence electrons. The van der Waals surface area contributed by atoms with Crippen LogP contribution in [0.3, 0.4) is 0 Å². The van der Waals surface area contributed by atoms with E-state index in [0.29, 0.717) is 36.7 Å². The van der Waals surface area contributed by atoms with Gasteiger partial charge in [0.15, 0.2) is 6.10 Å². The predicted octanol–water partition coefficient (Wildman–Crippen LogP) is 12.0. The molecular weight excluding hydrogens is 806 g/mol. The number of aliphatic hydroxyl groups is 2. The Morgan fingerprint density at radius 3 is 1.65 bits per heavy atom. The zero-order valence-electron chi connectivity index (χ0n) is 39.8. The first kappa shape index (κ1) is 59.6. The van der Waals surface area contributed by atoms with Gasteiger partial charge in [-0.25, -0.2) is 4.57 Å². The number of carbonyl (C=O) groups excluding carboxylic acids is 2. The molecule has 12 heteroatoms. The fourth-order valence-corrected chi connectivity index (χ4v) is 7.06. The Labute approximate surface area is 378 Å². The van der Waals surface area contributed by atoms with Crippen molar-refractivity contribution in [1.82, 2.24) is 0 Å². The molecule has 0 bridgehead atoms. The van der Waals surface area contributed by atoms with Crippen LogP contribution in [0.2, 0.25) is 0 Å². The molecule has 0 radical (unpaired) electrons. The third kappa shape index (κ3) is 44.2. The topological polar surface area (TPSA) is 149 Å². The summed E-state index contributed by atoms with van der Waals surface area (Å²) < 4.78 is 34.2. The number of hydrogen-bond donors (Lipinski definition) is 3. The van der Waals surface area contributed by atoms with Gasteiger partial charge in [-0.15, -0.1) is 0 Å². The van der Waals surface area contributed by atoms with Crippen LogP contribution >= 0.6 is 7.82 Å². The van der Waals surface area contributed by atoms with E-state index >= 15 is 0 Å². The van der Waals surface area contributed by atoms with Crippen molar-refractivity contribution >= 4 is 19.8 Å². The van der Waals surface area contributed by atoms with Crippen molar-refractivity contribution in [3.8, 4) is 0 Å². The van der Waals surface area contributed by atoms with Crippen LogP contribution in [0.1, 0.15) is 181 Å². The van der Waals surface area contributed by atoms with Crippen molar-refractivity contribution < 1.29 is 52.3 Å². The highest BCUT2D eigenvalue weighted by molar-refractivity contribution is 7.47. The van der Waals surface area contributed by atoms with E-state index in [4.69, 9.17) is 18.5 Å². The number of quaternary nitrogens is 1. The molecule has 0 saturated carbocycles. The Hall–Kier alpha value is -2.37. The molecule has 1 unspecified atom stereocenters. The first-order valence-electron chi connectivity index (χ1n) is 24.2. The van der Waals surface area contributed by atoms with E-state index in [1.54, 1.807) is 36.5 Å². The molecule has 4 atom stereocenters. The normalized spacial score (nSPS) is 15.0. The molecule has 0 spiro atoms. The fourth-order valence-electron chi connectivity index (χ4n) is 6.32. The van der Waals surface area contributed by atoms with Crippen LogP contribution in [-0.2, 0) is 32.7 Å². The van der Waals surface area contributed by atoms with Gasteiger partial charge in [-0.05, 0) is 64.2 Å². The smallest absolute Gasteiger partial charge is 0.462 e. The predicted molar refractivity (Wildman–Crippen MR) is 255 cm³/mol. The van der Waals surface area contributed by atoms with Crippen molar-refractivity contribution in [2.45, 2.75) is 199 Å². The number of unbranched alkanes of at least 4 members (excludes halogenated alkanes) is 18. The van der Waals surface area contributed by atoms with Crippen LogP contribution in [0.4, 0.5) is 0 Å². The molecule has 0 aromatic rings. The zero-order valence-corrected chi connectivity index (χ0v) is 40.7. The van der Waals surface area contributed by atoms with Crippen LogP contribution in [0.5, 0.6) is 0 Å². The van der Waals surface area contributed by atoms with Crippen molar-refractivity contribution in [3.05, 3.63) is 60.8 Å². The second kappa shape index (κ2) is 41.3. The van der Waals surface area contributed by atoms with E-state index in [-0.39, 0.29) is 26.1 Å². The largest absolute Gasteiger partial charge is 0.472 e. The SMILES string of the molecule is CCCCC/C=C\C[C@@H](O)/C=C/C=C/C=C\[C@@H](O)CCCC(=O)OC[C@H](COP(=O)(O)OCC[N+](C)(C)C)OC(=O)CCCCCCCCCCC/C=C\CCCCCCCC. The summed E-state index contributed by atoms with van der Waals surface area (Å²) in [6.45, 7) is 4.07. The number of nitrogens with zero attached hydrogens (tertiary/aromatic N) is 1. The third-order valence-corrected chi connectivity index (χ3v) is 11.2. The van der Waals surface area contributed by atoms with Gasteiger partial charge >= 0.3 is 19.8 Å². The van der Waals surface area contributed by atoms with Crippen molar-refractivity contribution in [1.29, 1.82) is 0 Å². The number of allylic oxidation sites excluding steroid dienone is 7. The Bertz CT molecular complexity index is 1270. The molecular formula is C50H91NO10P+. The van der Waals surface area contributed by atoms with Gasteiger partial charge in [0, 0.05) is 12.8 Å². The summed E-state index contributed by atoms with van der Waals surface area (Å²) in [4.78, 5) is 35.5. The number of phosphoric acid groups is 1. The van der Waals surface area contributed by atoms with E-state index in [0.717, 1.165) is 25.7 Å². The minimum Gasteiger partial charge on any atom is -0.462 e. The van der Waals surface area contributed by atoms with Gasteiger partial charge in [0.2, 0.25) is 0 Å². The molecule has 0 aliphatic rings. The van der Waals surface area contributed by atoms with Gasteiger partial charge in [-0.3, -0.25) is 18.6 Å². The first-order chi connectivity index (χ1) is 29.8. The van der Waals surface area contributed by atoms with Gasteiger partial charge in [0.25, 0.3) is 0 Å². The number of phosphoric ester groups is 1. The summed E-state index contributed by atoms with van der Waals surface area (Å²) in [7, 11) is 1.34. The van der Waals surface area contributed by atoms with Crippen LogP contribution < -0.4 is 0 Å². The Morgan fingerprint density at radius 1 is 0.581 bits per heavy atom. The maximum Gasteiger partial charge on any atom is 0.472 e. The summed E-state index contributed by atoms with van der Waals surface area (Å²) in [5, 5.41) is 20.3. The van der Waals surface area contributed by atoms with Crippen molar-refractivity contribution in [2.24, 2.45) is 0 Å². The van der Waals surface area contributed by atoms with Crippen LogP contribution in [0, 0.1) is 0 Å². The number of hydrogen-bond acceptors (Lipinski definition) is 9. The van der Waals surface area contributed by atoms with E-state index in [1.807, 2.05) is 27.2 Å². The summed E-state index contributed by atoms with van der Waals surface area (Å²) in [6.07, 6.45) is 43.3. The van der Waals surface area contributed by atoms with Crippen LogP contribution in [-0.4, -0.2) is 97.3 Å². The molecule has 0 fully saturated rings. The van der Waals surface area contributed by atoms with Gasteiger partial charge in [0.1, 0.15) is 19.8 Å². The van der Waals surface area contributed by atoms with Gasteiger partial charge in [-0.2, -0.15) is 0 Å². The number of aliphatic hydroxyl groups excluding tert-OH is 2. The van der Waals surface area contributed by atoms with E-state index in [2.05, 4.69) is 32.1 Å². The highest BCUT2D eigenvalue weighted by Gasteiger charge is 2.27. The van der Waals surface area contributed by atoms with E-state index in [9.17, 15) is 29.3 Å². The molecule has 0 aliphatic heterocycles. The summed E-state index contributed by atoms with van der Waals surface area (Å²) in [5.41, 5.74) is 0. The number of carbonyl (C=O) groups is 2. The Balaban J connectivity index is 4.53. The second-order valence-electron chi connectivity index (χ2n) is 17.5. The molecule has 0 aromatic heterocycles. The standard InChI is InChI=1S/C50H90NO10P/c1-6-8-10-12-14-15-16-17-18-19-20-21-22-23-24-25-26-28-34-40-50(55)61-48(45-60-62(56,57)59-43-42-51(3,4)5)44-58-49(54)41-35-39-47(53)38-33-30-29-32-37-46(52)36-31-27-13-11-9-7-2/h17-18,27,29-33,37-38,46-48,52-53H,6-16,19-26,28,34-36,39-45H2,1-5H3/p+1/b18-17-,30-29+,31-27-,37-32+,38-33-/t46-,47-,48-/m1/s1. The lowest BCUT2D eigenvalue weighted by Crippen LogP contribution is -2.37. The molecule has 0 saturated heterocycles. The average molecular weight is 897 g/mol. The highest BCUT2D eigenvalue weighted by Crippen LogP contribution is 2.43. The van der Waals surface area contributed by atoms with Crippen molar-refractivity contribution in [2.75, 3.05) is 47.5 Å². The van der Waals surface area contributed by atoms with Crippen LogP contribution in [0.25, 0.3) is 0 Å². The molecule has 0 rings (SSSR count). The quantitative estimate of drug-likeness (QED) is 0.0135. The summed E-state index contributed by atoms with van der Waals surface area (Å²) in [5.74, 6) is -1.04. The Kier molecular flexibility index (Phi) is 39.8. The minimum absolute atomic E-state index is 0.0103. The van der Waals surface area contributed by atoms with E-state index < -0.39 is 44.7 Å². The highest BCUT2D eigenvalue weighted by atomic mass is 31.2. The maximum absolute atomic E-state index is 12.7. The second-order valence-corrected chi connectivity index (χ2v) is 19.0. The first-order valence-corrected chi connectivity index (χ1v) is 25.7. The van der Waals surface area contributed by atoms with Gasteiger partial charge in [0.05, 0.1) is 40.0 Å². The molecule has 62 heavy (non-hydrogen) atoms.